The maximum Gasteiger partial charge on any atom is 0.273 e. The zero-order valence-electron chi connectivity index (χ0n) is 16.5. The van der Waals surface area contributed by atoms with Crippen molar-refractivity contribution in [2.45, 2.75) is 44.7 Å². The topological polar surface area (TPSA) is 59.8 Å². The molecule has 30 heavy (non-hydrogen) atoms. The second kappa shape index (κ2) is 7.07. The number of pyridine rings is 1. The molecule has 5 nitrogen and oxygen atoms in total. The summed E-state index contributed by atoms with van der Waals surface area (Å²) >= 11 is 0. The Hall–Kier alpha value is -2.97. The van der Waals surface area contributed by atoms with Gasteiger partial charge in [-0.2, -0.15) is 0 Å². The third kappa shape index (κ3) is 3.32. The molecule has 1 aliphatic carbocycles. The molecule has 0 amide bonds. The lowest BCUT2D eigenvalue weighted by atomic mass is 10.0. The second-order valence-corrected chi connectivity index (χ2v) is 7.79. The van der Waals surface area contributed by atoms with Crippen LogP contribution in [0.4, 0.5) is 23.4 Å². The van der Waals surface area contributed by atoms with E-state index in [9.17, 15) is 22.4 Å². The van der Waals surface area contributed by atoms with Crippen LogP contribution >= 0.6 is 0 Å². The van der Waals surface area contributed by atoms with Crippen LogP contribution in [0.1, 0.15) is 36.5 Å². The van der Waals surface area contributed by atoms with E-state index in [2.05, 4.69) is 15.3 Å². The van der Waals surface area contributed by atoms with Gasteiger partial charge in [-0.15, -0.1) is 0 Å². The van der Waals surface area contributed by atoms with Gasteiger partial charge in [0.2, 0.25) is 0 Å². The Kier molecular flexibility index (Phi) is 4.79. The Morgan fingerprint density at radius 3 is 2.63 bits per heavy atom. The molecule has 0 atom stereocenters. The number of benzene rings is 1. The van der Waals surface area contributed by atoms with Gasteiger partial charge in [0, 0.05) is 30.8 Å². The fourth-order valence-electron chi connectivity index (χ4n) is 3.60. The van der Waals surface area contributed by atoms with Gasteiger partial charge in [-0.25, -0.2) is 27.5 Å². The Morgan fingerprint density at radius 2 is 2.00 bits per heavy atom. The van der Waals surface area contributed by atoms with Crippen LogP contribution in [-0.2, 0) is 18.0 Å². The number of alkyl halides is 3. The van der Waals surface area contributed by atoms with Crippen molar-refractivity contribution in [2.75, 3.05) is 12.0 Å². The van der Waals surface area contributed by atoms with Crippen LogP contribution in [0.2, 0.25) is 0 Å². The Labute approximate surface area is 169 Å². The van der Waals surface area contributed by atoms with Gasteiger partial charge in [0.25, 0.3) is 11.5 Å². The van der Waals surface area contributed by atoms with Gasteiger partial charge in [-0.3, -0.25) is 4.79 Å². The van der Waals surface area contributed by atoms with Crippen molar-refractivity contribution in [3.05, 3.63) is 63.6 Å². The number of fused-ring (bicyclic) bond motifs is 1. The Bertz CT molecular complexity index is 1180. The third-order valence-corrected chi connectivity index (χ3v) is 5.62. The number of halogens is 4. The maximum atomic E-state index is 14.5. The highest BCUT2D eigenvalue weighted by atomic mass is 19.3. The Morgan fingerprint density at radius 1 is 1.27 bits per heavy atom. The van der Waals surface area contributed by atoms with E-state index in [-0.39, 0.29) is 17.7 Å². The van der Waals surface area contributed by atoms with Crippen molar-refractivity contribution in [1.82, 2.24) is 14.5 Å². The van der Waals surface area contributed by atoms with Gasteiger partial charge >= 0.3 is 0 Å². The molecule has 2 heterocycles. The van der Waals surface area contributed by atoms with Crippen LogP contribution in [0, 0.1) is 12.7 Å². The first kappa shape index (κ1) is 20.3. The largest absolute Gasteiger partial charge is 0.365 e. The number of nitrogens with one attached hydrogen (secondary N) is 1. The quantitative estimate of drug-likeness (QED) is 0.600. The highest BCUT2D eigenvalue weighted by Crippen LogP contribution is 2.43. The number of hydrogen-bond donors (Lipinski definition) is 1. The van der Waals surface area contributed by atoms with Gasteiger partial charge in [0.05, 0.1) is 22.0 Å². The average molecular weight is 420 g/mol. The van der Waals surface area contributed by atoms with Crippen LogP contribution in [0.15, 0.2) is 35.5 Å². The molecule has 1 N–H and O–H groups in total. The van der Waals surface area contributed by atoms with Gasteiger partial charge in [0.15, 0.2) is 0 Å². The van der Waals surface area contributed by atoms with Crippen LogP contribution < -0.4 is 10.9 Å². The third-order valence-electron chi connectivity index (χ3n) is 5.62. The van der Waals surface area contributed by atoms with E-state index in [1.54, 1.807) is 6.92 Å². The van der Waals surface area contributed by atoms with Crippen LogP contribution in [0.25, 0.3) is 10.9 Å². The minimum Gasteiger partial charge on any atom is -0.365 e. The molecule has 0 unspecified atom stereocenters. The highest BCUT2D eigenvalue weighted by molar-refractivity contribution is 5.90. The van der Waals surface area contributed by atoms with Gasteiger partial charge in [0.1, 0.15) is 24.6 Å². The lowest BCUT2D eigenvalue weighted by Gasteiger charge is -2.18. The number of hydrogen-bond acceptors (Lipinski definition) is 4. The van der Waals surface area contributed by atoms with Crippen molar-refractivity contribution in [3.63, 3.8) is 0 Å². The van der Waals surface area contributed by atoms with E-state index in [4.69, 9.17) is 0 Å². The number of aromatic nitrogens is 3. The number of anilines is 1. The lowest BCUT2D eigenvalue weighted by molar-refractivity contribution is 0.0136. The monoisotopic (exact) mass is 420 g/mol. The minimum absolute atomic E-state index is 0.0493. The fourth-order valence-corrected chi connectivity index (χ4v) is 3.60. The molecule has 0 spiro atoms. The first-order chi connectivity index (χ1) is 14.2. The van der Waals surface area contributed by atoms with Crippen molar-refractivity contribution >= 4 is 16.7 Å². The van der Waals surface area contributed by atoms with E-state index in [0.717, 1.165) is 6.07 Å². The van der Waals surface area contributed by atoms with Crippen molar-refractivity contribution in [3.8, 4) is 0 Å². The van der Waals surface area contributed by atoms with Crippen molar-refractivity contribution in [1.29, 1.82) is 0 Å². The second-order valence-electron chi connectivity index (χ2n) is 7.79. The zero-order chi connectivity index (χ0) is 21.7. The molecule has 2 aromatic heterocycles. The summed E-state index contributed by atoms with van der Waals surface area (Å²) < 4.78 is 56.7. The molecule has 1 saturated carbocycles. The van der Waals surface area contributed by atoms with Crippen LogP contribution in [0.5, 0.6) is 0 Å². The first-order valence-corrected chi connectivity index (χ1v) is 9.51. The predicted octanol–water partition coefficient (Wildman–Crippen LogP) is 4.42. The predicted molar refractivity (Wildman–Crippen MR) is 105 cm³/mol. The molecule has 4 rings (SSSR count). The molecular formula is C21H20F4N4O. The molecule has 1 aromatic carbocycles. The Balaban J connectivity index is 1.74. The summed E-state index contributed by atoms with van der Waals surface area (Å²) in [5, 5.41) is 3.42. The van der Waals surface area contributed by atoms with E-state index < -0.39 is 29.5 Å². The minimum atomic E-state index is -3.31. The zero-order valence-corrected chi connectivity index (χ0v) is 16.5. The SMILES string of the molecule is Cc1c(=O)n(C2(CF)CC2)cc2c(NCc3cccc(C(C)(F)F)c3F)ncnc12. The molecule has 158 valence electrons. The van der Waals surface area contributed by atoms with E-state index in [1.807, 2.05) is 0 Å². The van der Waals surface area contributed by atoms with Crippen molar-refractivity contribution < 1.29 is 17.6 Å². The summed E-state index contributed by atoms with van der Waals surface area (Å²) in [5.41, 5.74) is -1.03. The average Bonchev–Trinajstić information content (AvgIpc) is 3.50. The number of nitrogens with zero attached hydrogens (tertiary/aromatic N) is 3. The molecule has 9 heteroatoms. The summed E-state index contributed by atoms with van der Waals surface area (Å²) in [6.45, 7) is 1.49. The summed E-state index contributed by atoms with van der Waals surface area (Å²) in [6, 6.07) is 3.82. The van der Waals surface area contributed by atoms with E-state index in [1.165, 1.54) is 29.2 Å². The lowest BCUT2D eigenvalue weighted by Crippen LogP contribution is -2.33. The molecule has 0 aliphatic heterocycles. The van der Waals surface area contributed by atoms with Gasteiger partial charge < -0.3 is 9.88 Å². The normalized spacial score (nSPS) is 15.4. The van der Waals surface area contributed by atoms with E-state index in [0.29, 0.717) is 42.0 Å². The summed E-state index contributed by atoms with van der Waals surface area (Å²) in [7, 11) is 0. The van der Waals surface area contributed by atoms with Crippen molar-refractivity contribution in [2.24, 2.45) is 0 Å². The first-order valence-electron chi connectivity index (χ1n) is 9.51. The highest BCUT2D eigenvalue weighted by Gasteiger charge is 2.46. The molecule has 1 fully saturated rings. The summed E-state index contributed by atoms with van der Waals surface area (Å²) in [5.74, 6) is -3.99. The molecule has 0 bridgehead atoms. The molecule has 0 saturated heterocycles. The summed E-state index contributed by atoms with van der Waals surface area (Å²) in [4.78, 5) is 21.0. The molecular weight excluding hydrogens is 400 g/mol. The van der Waals surface area contributed by atoms with Gasteiger partial charge in [-0.1, -0.05) is 18.2 Å². The smallest absolute Gasteiger partial charge is 0.273 e. The number of aryl methyl sites for hydroxylation is 1. The van der Waals surface area contributed by atoms with Crippen LogP contribution in [0.3, 0.4) is 0 Å². The summed E-state index contributed by atoms with van der Waals surface area (Å²) in [6.07, 6.45) is 3.91. The fraction of sp³-hybridized carbons (Fsp3) is 0.381. The maximum absolute atomic E-state index is 14.5. The standard InChI is InChI=1S/C21H20F4N4O/c1-12-17-14(9-29(19(12)30)21(10-22)6-7-21)18(28-11-27-17)26-8-13-4-3-5-15(16(13)23)20(2,24)25/h3-5,9,11H,6-8,10H2,1-2H3,(H,26,27,28). The van der Waals surface area contributed by atoms with Crippen LogP contribution in [-0.4, -0.2) is 21.2 Å². The molecule has 3 aromatic rings. The molecule has 1 aliphatic rings. The van der Waals surface area contributed by atoms with Gasteiger partial charge in [-0.05, 0) is 19.8 Å². The molecule has 0 radical (unpaired) electrons. The van der Waals surface area contributed by atoms with E-state index >= 15 is 0 Å². The number of rotatable bonds is 6.